The van der Waals surface area contributed by atoms with Crippen LogP contribution in [-0.2, 0) is 14.3 Å². The van der Waals surface area contributed by atoms with E-state index in [0.29, 0.717) is 21.7 Å². The predicted molar refractivity (Wildman–Crippen MR) is 88.3 cm³/mol. The second-order valence-electron chi connectivity index (χ2n) is 6.28. The summed E-state index contributed by atoms with van der Waals surface area (Å²) in [5.41, 5.74) is -1.14. The minimum Gasteiger partial charge on any atom is -0.478 e. The second-order valence-corrected chi connectivity index (χ2v) is 6.68. The number of nitrogens with zero attached hydrogens (tertiary/aromatic N) is 1. The molecule has 2 unspecified atom stereocenters. The van der Waals surface area contributed by atoms with Crippen molar-refractivity contribution in [3.05, 3.63) is 35.5 Å². The van der Waals surface area contributed by atoms with Gasteiger partial charge in [0.15, 0.2) is 5.79 Å². The largest absolute Gasteiger partial charge is 0.478 e. The number of fused-ring (bicyclic) bond motifs is 1. The van der Waals surface area contributed by atoms with Crippen LogP contribution in [-0.4, -0.2) is 40.2 Å². The zero-order valence-corrected chi connectivity index (χ0v) is 14.3. The van der Waals surface area contributed by atoms with Crippen molar-refractivity contribution in [1.29, 1.82) is 0 Å². The molecule has 1 aromatic heterocycles. The van der Waals surface area contributed by atoms with E-state index in [9.17, 15) is 9.90 Å². The van der Waals surface area contributed by atoms with Crippen molar-refractivity contribution in [3.63, 3.8) is 0 Å². The monoisotopic (exact) mass is 351 g/mol. The molecule has 1 aromatic carbocycles. The van der Waals surface area contributed by atoms with Gasteiger partial charge in [-0.1, -0.05) is 11.6 Å². The summed E-state index contributed by atoms with van der Waals surface area (Å²) in [6, 6.07) is 6.82. The lowest BCUT2D eigenvalue weighted by atomic mass is 9.99. The molecule has 0 aliphatic carbocycles. The standard InChI is InChI=1S/C17H18ClNO5/c1-16(2)22-9-13(24-16)17(3,15(20)21)23-12-7-6-11(18)10-5-4-8-19-14(10)12/h4-8,13H,9H2,1-3H3,(H,20,21). The lowest BCUT2D eigenvalue weighted by molar-refractivity contribution is -0.181. The highest BCUT2D eigenvalue weighted by atomic mass is 35.5. The van der Waals surface area contributed by atoms with Gasteiger partial charge >= 0.3 is 5.97 Å². The summed E-state index contributed by atoms with van der Waals surface area (Å²) in [4.78, 5) is 16.2. The first-order valence-corrected chi connectivity index (χ1v) is 7.88. The molecule has 128 valence electrons. The maximum Gasteiger partial charge on any atom is 0.350 e. The van der Waals surface area contributed by atoms with Crippen LogP contribution in [0.15, 0.2) is 30.5 Å². The van der Waals surface area contributed by atoms with Crippen LogP contribution in [0.5, 0.6) is 5.75 Å². The molecule has 6 nitrogen and oxygen atoms in total. The van der Waals surface area contributed by atoms with Crippen LogP contribution in [0.3, 0.4) is 0 Å². The molecule has 1 saturated heterocycles. The molecule has 7 heteroatoms. The normalized spacial score (nSPS) is 22.2. The minimum absolute atomic E-state index is 0.120. The molecule has 3 rings (SSSR count). The zero-order valence-electron chi connectivity index (χ0n) is 13.6. The lowest BCUT2D eigenvalue weighted by Gasteiger charge is -2.31. The number of benzene rings is 1. The Bertz CT molecular complexity index is 794. The van der Waals surface area contributed by atoms with Crippen LogP contribution in [0.4, 0.5) is 0 Å². The van der Waals surface area contributed by atoms with Gasteiger partial charge in [0.1, 0.15) is 17.4 Å². The molecule has 0 amide bonds. The van der Waals surface area contributed by atoms with Crippen LogP contribution in [0.2, 0.25) is 5.02 Å². The number of hydrogen-bond acceptors (Lipinski definition) is 5. The van der Waals surface area contributed by atoms with Crippen molar-refractivity contribution >= 4 is 28.5 Å². The smallest absolute Gasteiger partial charge is 0.350 e. The summed E-state index contributed by atoms with van der Waals surface area (Å²) in [5.74, 6) is -1.67. The third kappa shape index (κ3) is 2.92. The number of carboxylic acids is 1. The third-order valence-electron chi connectivity index (χ3n) is 4.05. The number of pyridine rings is 1. The van der Waals surface area contributed by atoms with Crippen molar-refractivity contribution in [1.82, 2.24) is 4.98 Å². The van der Waals surface area contributed by atoms with Crippen molar-refractivity contribution in [3.8, 4) is 5.75 Å². The topological polar surface area (TPSA) is 77.9 Å². The van der Waals surface area contributed by atoms with E-state index in [1.165, 1.54) is 6.92 Å². The summed E-state index contributed by atoms with van der Waals surface area (Å²) < 4.78 is 17.1. The van der Waals surface area contributed by atoms with Gasteiger partial charge in [0.2, 0.25) is 5.60 Å². The number of carbonyl (C=O) groups is 1. The van der Waals surface area contributed by atoms with Gasteiger partial charge in [-0.3, -0.25) is 4.98 Å². The fraction of sp³-hybridized carbons (Fsp3) is 0.412. The molecule has 0 saturated carbocycles. The van der Waals surface area contributed by atoms with Gasteiger partial charge in [0.25, 0.3) is 0 Å². The number of aromatic nitrogens is 1. The van der Waals surface area contributed by atoms with E-state index in [4.69, 9.17) is 25.8 Å². The number of ether oxygens (including phenoxy) is 3. The van der Waals surface area contributed by atoms with Crippen molar-refractivity contribution in [2.75, 3.05) is 6.61 Å². The van der Waals surface area contributed by atoms with Crippen LogP contribution < -0.4 is 4.74 Å². The van der Waals surface area contributed by atoms with Crippen LogP contribution >= 0.6 is 11.6 Å². The van der Waals surface area contributed by atoms with E-state index < -0.39 is 23.5 Å². The summed E-state index contributed by atoms with van der Waals surface area (Å²) in [5, 5.41) is 11.0. The summed E-state index contributed by atoms with van der Waals surface area (Å²) >= 11 is 6.17. The number of carboxylic acid groups (broad SMARTS) is 1. The number of aliphatic carboxylic acids is 1. The Morgan fingerprint density at radius 2 is 2.21 bits per heavy atom. The van der Waals surface area contributed by atoms with Gasteiger partial charge in [-0.2, -0.15) is 0 Å². The Kier molecular flexibility index (Phi) is 4.15. The molecule has 24 heavy (non-hydrogen) atoms. The van der Waals surface area contributed by atoms with Gasteiger partial charge in [-0.25, -0.2) is 4.79 Å². The van der Waals surface area contributed by atoms with Gasteiger partial charge < -0.3 is 19.3 Å². The van der Waals surface area contributed by atoms with E-state index in [1.807, 2.05) is 0 Å². The van der Waals surface area contributed by atoms with Gasteiger partial charge in [0.05, 0.1) is 11.6 Å². The first kappa shape index (κ1) is 17.0. The highest BCUT2D eigenvalue weighted by molar-refractivity contribution is 6.35. The molecule has 2 heterocycles. The molecule has 0 radical (unpaired) electrons. The molecule has 2 aromatic rings. The summed E-state index contributed by atoms with van der Waals surface area (Å²) in [6.45, 7) is 5.05. The van der Waals surface area contributed by atoms with Gasteiger partial charge in [-0.05, 0) is 45.0 Å². The van der Waals surface area contributed by atoms with Crippen molar-refractivity contribution in [2.24, 2.45) is 0 Å². The van der Waals surface area contributed by atoms with Crippen molar-refractivity contribution in [2.45, 2.75) is 38.3 Å². The summed E-state index contributed by atoms with van der Waals surface area (Å²) in [7, 11) is 0. The maximum atomic E-state index is 11.9. The Labute approximate surface area is 144 Å². The number of rotatable bonds is 4. The first-order valence-electron chi connectivity index (χ1n) is 7.50. The van der Waals surface area contributed by atoms with Crippen molar-refractivity contribution < 1.29 is 24.1 Å². The van der Waals surface area contributed by atoms with Crippen LogP contribution in [0.25, 0.3) is 10.9 Å². The molecule has 1 aliphatic rings. The quantitative estimate of drug-likeness (QED) is 0.911. The highest BCUT2D eigenvalue weighted by Crippen LogP contribution is 2.36. The number of hydrogen-bond donors (Lipinski definition) is 1. The zero-order chi connectivity index (χ0) is 17.5. The molecule has 0 bridgehead atoms. The second kappa shape index (κ2) is 5.88. The minimum atomic E-state index is -1.63. The van der Waals surface area contributed by atoms with Crippen LogP contribution in [0.1, 0.15) is 20.8 Å². The Morgan fingerprint density at radius 1 is 1.46 bits per heavy atom. The van der Waals surface area contributed by atoms with Gasteiger partial charge in [0, 0.05) is 11.6 Å². The first-order chi connectivity index (χ1) is 11.2. The molecular formula is C17H18ClNO5. The molecular weight excluding hydrogens is 334 g/mol. The molecule has 1 N–H and O–H groups in total. The van der Waals surface area contributed by atoms with E-state index in [0.717, 1.165) is 0 Å². The lowest BCUT2D eigenvalue weighted by Crippen LogP contribution is -2.53. The summed E-state index contributed by atoms with van der Waals surface area (Å²) in [6.07, 6.45) is 0.835. The van der Waals surface area contributed by atoms with E-state index in [2.05, 4.69) is 4.98 Å². The fourth-order valence-electron chi connectivity index (χ4n) is 2.63. The maximum absolute atomic E-state index is 11.9. The molecule has 0 spiro atoms. The number of halogens is 1. The average molecular weight is 352 g/mol. The Morgan fingerprint density at radius 3 is 2.83 bits per heavy atom. The highest BCUT2D eigenvalue weighted by Gasteiger charge is 2.51. The SMILES string of the molecule is CC1(C)OCC(C(C)(Oc2ccc(Cl)c3cccnc23)C(=O)O)O1. The van der Waals surface area contributed by atoms with Gasteiger partial charge in [-0.15, -0.1) is 0 Å². The fourth-order valence-corrected chi connectivity index (χ4v) is 2.84. The molecule has 2 atom stereocenters. The Balaban J connectivity index is 2.01. The average Bonchev–Trinajstić information content (AvgIpc) is 2.91. The van der Waals surface area contributed by atoms with Crippen LogP contribution in [0, 0.1) is 0 Å². The molecule has 1 aliphatic heterocycles. The predicted octanol–water partition coefficient (Wildman–Crippen LogP) is 3.26. The van der Waals surface area contributed by atoms with E-state index >= 15 is 0 Å². The Hall–Kier alpha value is -1.89. The molecule has 1 fully saturated rings. The third-order valence-corrected chi connectivity index (χ3v) is 4.38. The van der Waals surface area contributed by atoms with E-state index in [-0.39, 0.29) is 6.61 Å². The van der Waals surface area contributed by atoms with E-state index in [1.54, 1.807) is 44.3 Å².